The van der Waals surface area contributed by atoms with Gasteiger partial charge in [0, 0.05) is 17.2 Å². The van der Waals surface area contributed by atoms with Crippen molar-refractivity contribution in [2.45, 2.75) is 24.7 Å². The van der Waals surface area contributed by atoms with E-state index in [1.54, 1.807) is 30.3 Å². The summed E-state index contributed by atoms with van der Waals surface area (Å²) >= 11 is 0. The Morgan fingerprint density at radius 3 is 2.48 bits per heavy atom. The average Bonchev–Trinajstić information content (AvgIpc) is 2.56. The Labute approximate surface area is 150 Å². The van der Waals surface area contributed by atoms with Gasteiger partial charge in [-0.15, -0.1) is 0 Å². The summed E-state index contributed by atoms with van der Waals surface area (Å²) in [6.07, 6.45) is 1.74. The summed E-state index contributed by atoms with van der Waals surface area (Å²) in [6, 6.07) is 10.9. The third kappa shape index (κ3) is 5.11. The normalized spacial score (nSPS) is 11.1. The highest BCUT2D eigenvalue weighted by Gasteiger charge is 2.24. The molecule has 134 valence electrons. The molecule has 0 fully saturated rings. The SMILES string of the molecule is CCCCNc1cc(C(=O)O)cc(S(=O)(=O)Cl)c1Oc1ccccc1. The zero-order valence-corrected chi connectivity index (χ0v) is 15.1. The van der Waals surface area contributed by atoms with Gasteiger partial charge in [-0.3, -0.25) is 0 Å². The number of para-hydroxylation sites is 1. The smallest absolute Gasteiger partial charge is 0.335 e. The number of carboxylic acids is 1. The van der Waals surface area contributed by atoms with Crippen LogP contribution in [0.15, 0.2) is 47.4 Å². The average molecular weight is 384 g/mol. The topological polar surface area (TPSA) is 92.7 Å². The lowest BCUT2D eigenvalue weighted by molar-refractivity contribution is 0.0696. The van der Waals surface area contributed by atoms with Gasteiger partial charge in [0.2, 0.25) is 0 Å². The molecule has 2 aromatic carbocycles. The molecule has 2 aromatic rings. The van der Waals surface area contributed by atoms with E-state index in [0.717, 1.165) is 18.9 Å². The second kappa shape index (κ2) is 8.22. The molecule has 0 bridgehead atoms. The van der Waals surface area contributed by atoms with E-state index in [0.29, 0.717) is 12.3 Å². The van der Waals surface area contributed by atoms with Crippen molar-refractivity contribution in [2.75, 3.05) is 11.9 Å². The summed E-state index contributed by atoms with van der Waals surface area (Å²) in [4.78, 5) is 10.9. The van der Waals surface area contributed by atoms with Crippen LogP contribution in [0, 0.1) is 0 Å². The van der Waals surface area contributed by atoms with Crippen LogP contribution in [-0.2, 0) is 9.05 Å². The van der Waals surface area contributed by atoms with Gasteiger partial charge in [0.25, 0.3) is 9.05 Å². The van der Waals surface area contributed by atoms with Crippen LogP contribution in [0.4, 0.5) is 5.69 Å². The molecule has 0 aliphatic carbocycles. The van der Waals surface area contributed by atoms with Gasteiger partial charge < -0.3 is 15.2 Å². The van der Waals surface area contributed by atoms with E-state index in [-0.39, 0.29) is 17.0 Å². The van der Waals surface area contributed by atoms with Gasteiger partial charge in [-0.25, -0.2) is 13.2 Å². The maximum atomic E-state index is 12.0. The van der Waals surface area contributed by atoms with Crippen molar-refractivity contribution in [2.24, 2.45) is 0 Å². The third-order valence-corrected chi connectivity index (χ3v) is 4.70. The number of unbranched alkanes of at least 4 members (excludes halogenated alkanes) is 1. The lowest BCUT2D eigenvalue weighted by atomic mass is 10.1. The van der Waals surface area contributed by atoms with Crippen molar-refractivity contribution >= 4 is 31.4 Å². The van der Waals surface area contributed by atoms with Crippen LogP contribution in [0.3, 0.4) is 0 Å². The van der Waals surface area contributed by atoms with E-state index in [9.17, 15) is 18.3 Å². The number of anilines is 1. The highest BCUT2D eigenvalue weighted by molar-refractivity contribution is 8.13. The Hall–Kier alpha value is -2.25. The van der Waals surface area contributed by atoms with Crippen LogP contribution in [0.2, 0.25) is 0 Å². The molecule has 2 N–H and O–H groups in total. The summed E-state index contributed by atoms with van der Waals surface area (Å²) in [7, 11) is 1.29. The summed E-state index contributed by atoms with van der Waals surface area (Å²) in [5.74, 6) is -0.876. The molecular weight excluding hydrogens is 366 g/mol. The number of hydrogen-bond acceptors (Lipinski definition) is 5. The number of carbonyl (C=O) groups is 1. The highest BCUT2D eigenvalue weighted by Crippen LogP contribution is 2.39. The van der Waals surface area contributed by atoms with Crippen molar-refractivity contribution in [3.63, 3.8) is 0 Å². The lowest BCUT2D eigenvalue weighted by Gasteiger charge is -2.16. The van der Waals surface area contributed by atoms with Crippen LogP contribution in [0.25, 0.3) is 0 Å². The van der Waals surface area contributed by atoms with Gasteiger partial charge in [0.15, 0.2) is 5.75 Å². The molecule has 0 amide bonds. The van der Waals surface area contributed by atoms with E-state index in [4.69, 9.17) is 15.4 Å². The van der Waals surface area contributed by atoms with Gasteiger partial charge >= 0.3 is 5.97 Å². The largest absolute Gasteiger partial charge is 0.478 e. The summed E-state index contributed by atoms with van der Waals surface area (Å²) in [5.41, 5.74) is 0.0649. The maximum Gasteiger partial charge on any atom is 0.335 e. The minimum atomic E-state index is -4.22. The van der Waals surface area contributed by atoms with Crippen molar-refractivity contribution in [3.8, 4) is 11.5 Å². The molecule has 0 saturated heterocycles. The van der Waals surface area contributed by atoms with Gasteiger partial charge in [0.05, 0.1) is 11.3 Å². The Morgan fingerprint density at radius 1 is 1.24 bits per heavy atom. The fourth-order valence-corrected chi connectivity index (χ4v) is 3.13. The molecule has 2 rings (SSSR count). The molecule has 0 heterocycles. The van der Waals surface area contributed by atoms with Gasteiger partial charge in [-0.05, 0) is 30.7 Å². The lowest BCUT2D eigenvalue weighted by Crippen LogP contribution is -2.08. The summed E-state index contributed by atoms with van der Waals surface area (Å²) in [6.45, 7) is 2.54. The van der Waals surface area contributed by atoms with Crippen LogP contribution < -0.4 is 10.1 Å². The first-order chi connectivity index (χ1) is 11.8. The zero-order valence-electron chi connectivity index (χ0n) is 13.5. The van der Waals surface area contributed by atoms with E-state index >= 15 is 0 Å². The molecule has 0 aliphatic rings. The molecule has 6 nitrogen and oxygen atoms in total. The Balaban J connectivity index is 2.59. The second-order valence-corrected chi connectivity index (χ2v) is 7.82. The quantitative estimate of drug-likeness (QED) is 0.521. The number of rotatable bonds is 8. The Kier molecular flexibility index (Phi) is 6.27. The molecular formula is C17H18ClNO5S. The molecule has 0 aliphatic heterocycles. The number of aromatic carboxylic acids is 1. The van der Waals surface area contributed by atoms with E-state index in [1.165, 1.54) is 6.07 Å². The molecule has 0 radical (unpaired) electrons. The van der Waals surface area contributed by atoms with Gasteiger partial charge in [0.1, 0.15) is 10.6 Å². The second-order valence-electron chi connectivity index (χ2n) is 5.29. The van der Waals surface area contributed by atoms with Gasteiger partial charge in [-0.1, -0.05) is 31.5 Å². The predicted octanol–water partition coefficient (Wildman–Crippen LogP) is 4.32. The van der Waals surface area contributed by atoms with Crippen molar-refractivity contribution in [3.05, 3.63) is 48.0 Å². The van der Waals surface area contributed by atoms with E-state index < -0.39 is 19.9 Å². The molecule has 0 unspecified atom stereocenters. The van der Waals surface area contributed by atoms with Crippen LogP contribution in [0.1, 0.15) is 30.1 Å². The molecule has 8 heteroatoms. The van der Waals surface area contributed by atoms with Crippen molar-refractivity contribution in [1.82, 2.24) is 0 Å². The number of carboxylic acid groups (broad SMARTS) is 1. The van der Waals surface area contributed by atoms with Crippen LogP contribution in [0.5, 0.6) is 11.5 Å². The van der Waals surface area contributed by atoms with Gasteiger partial charge in [-0.2, -0.15) is 0 Å². The van der Waals surface area contributed by atoms with Crippen molar-refractivity contribution < 1.29 is 23.1 Å². The molecule has 0 spiro atoms. The number of hydrogen-bond donors (Lipinski definition) is 2. The summed E-state index contributed by atoms with van der Waals surface area (Å²) < 4.78 is 29.6. The van der Waals surface area contributed by atoms with E-state index in [2.05, 4.69) is 5.32 Å². The van der Waals surface area contributed by atoms with Crippen LogP contribution in [-0.4, -0.2) is 26.0 Å². The first-order valence-electron chi connectivity index (χ1n) is 7.65. The van der Waals surface area contributed by atoms with E-state index in [1.807, 2.05) is 6.92 Å². The minimum Gasteiger partial charge on any atom is -0.478 e. The Morgan fingerprint density at radius 2 is 1.92 bits per heavy atom. The first-order valence-corrected chi connectivity index (χ1v) is 9.96. The van der Waals surface area contributed by atoms with Crippen LogP contribution >= 0.6 is 10.7 Å². The predicted molar refractivity (Wildman–Crippen MR) is 96.4 cm³/mol. The molecule has 0 atom stereocenters. The summed E-state index contributed by atoms with van der Waals surface area (Å²) in [5, 5.41) is 12.3. The Bertz CT molecular complexity index is 853. The highest BCUT2D eigenvalue weighted by atomic mass is 35.7. The number of benzene rings is 2. The molecule has 0 saturated carbocycles. The molecule has 25 heavy (non-hydrogen) atoms. The molecule has 0 aromatic heterocycles. The zero-order chi connectivity index (χ0) is 18.4. The standard InChI is InChI=1S/C17H18ClNO5S/c1-2-3-9-19-14-10-12(17(20)21)11-15(25(18,22)23)16(14)24-13-7-5-4-6-8-13/h4-8,10-11,19H,2-3,9H2,1H3,(H,20,21). The fourth-order valence-electron chi connectivity index (χ4n) is 2.15. The monoisotopic (exact) mass is 383 g/mol. The maximum absolute atomic E-state index is 12.0. The number of ether oxygens (including phenoxy) is 1. The number of halogens is 1. The number of nitrogens with one attached hydrogen (secondary N) is 1. The minimum absolute atomic E-state index is 0.0256. The van der Waals surface area contributed by atoms with Crippen molar-refractivity contribution in [1.29, 1.82) is 0 Å². The fraction of sp³-hybridized carbons (Fsp3) is 0.235. The third-order valence-electron chi connectivity index (χ3n) is 3.37. The first kappa shape index (κ1) is 19.1.